The maximum Gasteiger partial charge on any atom is 0.316 e. The van der Waals surface area contributed by atoms with Crippen LogP contribution in [-0.2, 0) is 10.0 Å². The third-order valence-electron chi connectivity index (χ3n) is 2.61. The molecule has 116 valence electrons. The first kappa shape index (κ1) is 16.1. The number of amides is 2. The normalized spacial score (nSPS) is 11.0. The van der Waals surface area contributed by atoms with Gasteiger partial charge in [-0.1, -0.05) is 11.6 Å². The van der Waals surface area contributed by atoms with Crippen LogP contribution in [0.2, 0.25) is 5.02 Å². The van der Waals surface area contributed by atoms with Gasteiger partial charge in [0, 0.05) is 11.4 Å². The second-order valence-corrected chi connectivity index (χ2v) is 6.34. The fraction of sp³-hybridized carbons (Fsp3) is 0. The van der Waals surface area contributed by atoms with Crippen LogP contribution < -0.4 is 15.8 Å². The molecule has 0 radical (unpaired) electrons. The molecule has 0 aliphatic heterocycles. The Morgan fingerprint density at radius 2 is 1.68 bits per heavy atom. The minimum absolute atomic E-state index is 0.168. The van der Waals surface area contributed by atoms with E-state index in [9.17, 15) is 17.6 Å². The van der Waals surface area contributed by atoms with E-state index in [4.69, 9.17) is 17.3 Å². The molecule has 0 saturated heterocycles. The van der Waals surface area contributed by atoms with E-state index in [2.05, 4.69) is 10.0 Å². The quantitative estimate of drug-likeness (QED) is 0.795. The van der Waals surface area contributed by atoms with Crippen LogP contribution >= 0.6 is 11.6 Å². The first-order valence-electron chi connectivity index (χ1n) is 5.92. The van der Waals surface area contributed by atoms with Gasteiger partial charge < -0.3 is 11.1 Å². The van der Waals surface area contributed by atoms with Crippen molar-refractivity contribution < 1.29 is 17.6 Å². The van der Waals surface area contributed by atoms with Gasteiger partial charge in [-0.25, -0.2) is 17.6 Å². The fourth-order valence-corrected chi connectivity index (χ4v) is 2.95. The molecular formula is C13H11ClFN3O3S. The number of benzene rings is 2. The monoisotopic (exact) mass is 343 g/mol. The number of urea groups is 1. The Kier molecular flexibility index (Phi) is 4.53. The predicted molar refractivity (Wildman–Crippen MR) is 81.9 cm³/mol. The lowest BCUT2D eigenvalue weighted by atomic mass is 10.3. The molecule has 0 aromatic heterocycles. The molecule has 2 aromatic rings. The zero-order valence-corrected chi connectivity index (χ0v) is 12.6. The minimum Gasteiger partial charge on any atom is -0.351 e. The molecule has 0 unspecified atom stereocenters. The van der Waals surface area contributed by atoms with Crippen molar-refractivity contribution in [1.82, 2.24) is 0 Å². The number of nitrogens with two attached hydrogens (primary N) is 1. The Hall–Kier alpha value is -2.32. The fourth-order valence-electron chi connectivity index (χ4n) is 1.62. The van der Waals surface area contributed by atoms with Crippen molar-refractivity contribution in [2.24, 2.45) is 5.73 Å². The first-order valence-corrected chi connectivity index (χ1v) is 7.78. The summed E-state index contributed by atoms with van der Waals surface area (Å²) in [5, 5.41) is 2.05. The van der Waals surface area contributed by atoms with Crippen LogP contribution in [0.3, 0.4) is 0 Å². The number of carbonyl (C=O) groups is 1. The molecule has 9 heteroatoms. The van der Waals surface area contributed by atoms with E-state index in [-0.39, 0.29) is 15.6 Å². The van der Waals surface area contributed by atoms with Crippen LogP contribution in [0.5, 0.6) is 0 Å². The third-order valence-corrected chi connectivity index (χ3v) is 4.27. The Balaban J connectivity index is 2.21. The largest absolute Gasteiger partial charge is 0.351 e. The van der Waals surface area contributed by atoms with Gasteiger partial charge in [0.05, 0.1) is 9.92 Å². The van der Waals surface area contributed by atoms with E-state index in [1.807, 2.05) is 0 Å². The van der Waals surface area contributed by atoms with Gasteiger partial charge in [0.1, 0.15) is 5.82 Å². The van der Waals surface area contributed by atoms with Gasteiger partial charge in [-0.3, -0.25) is 4.72 Å². The van der Waals surface area contributed by atoms with Gasteiger partial charge >= 0.3 is 6.03 Å². The van der Waals surface area contributed by atoms with Crippen molar-refractivity contribution in [1.29, 1.82) is 0 Å². The average Bonchev–Trinajstić information content (AvgIpc) is 2.43. The Labute approximate surface area is 131 Å². The summed E-state index contributed by atoms with van der Waals surface area (Å²) < 4.78 is 39.7. The molecule has 22 heavy (non-hydrogen) atoms. The lowest BCUT2D eigenvalue weighted by molar-refractivity contribution is 0.259. The van der Waals surface area contributed by atoms with Crippen LogP contribution in [0.25, 0.3) is 0 Å². The predicted octanol–water partition coefficient (Wildman–Crippen LogP) is 2.77. The standard InChI is InChI=1S/C13H11ClFN3O3S/c14-11-7-10(5-6-12(11)15)22(20,21)18-9-3-1-8(2-4-9)17-13(16)19/h1-7,18H,(H3,16,17,19). The van der Waals surface area contributed by atoms with Crippen molar-refractivity contribution in [3.8, 4) is 0 Å². The number of anilines is 2. The highest BCUT2D eigenvalue weighted by Crippen LogP contribution is 2.22. The molecule has 4 N–H and O–H groups in total. The van der Waals surface area contributed by atoms with Crippen molar-refractivity contribution in [2.75, 3.05) is 10.0 Å². The number of hydrogen-bond donors (Lipinski definition) is 3. The number of hydrogen-bond acceptors (Lipinski definition) is 3. The molecule has 0 fully saturated rings. The summed E-state index contributed by atoms with van der Waals surface area (Å²) in [6.07, 6.45) is 0. The second-order valence-electron chi connectivity index (χ2n) is 4.25. The highest BCUT2D eigenvalue weighted by atomic mass is 35.5. The van der Waals surface area contributed by atoms with Crippen LogP contribution in [0.1, 0.15) is 0 Å². The zero-order valence-electron chi connectivity index (χ0n) is 11.0. The first-order chi connectivity index (χ1) is 10.3. The van der Waals surface area contributed by atoms with Crippen molar-refractivity contribution >= 4 is 39.0 Å². The summed E-state index contributed by atoms with van der Waals surface area (Å²) in [6.45, 7) is 0. The number of sulfonamides is 1. The van der Waals surface area contributed by atoms with E-state index >= 15 is 0 Å². The van der Waals surface area contributed by atoms with E-state index in [0.717, 1.165) is 18.2 Å². The number of carbonyl (C=O) groups excluding carboxylic acids is 1. The summed E-state index contributed by atoms with van der Waals surface area (Å²) >= 11 is 5.57. The summed E-state index contributed by atoms with van der Waals surface area (Å²) in [5.74, 6) is -0.706. The van der Waals surface area contributed by atoms with E-state index < -0.39 is 21.9 Å². The molecule has 0 heterocycles. The minimum atomic E-state index is -3.90. The van der Waals surface area contributed by atoms with E-state index in [1.54, 1.807) is 0 Å². The van der Waals surface area contributed by atoms with Crippen molar-refractivity contribution in [2.45, 2.75) is 4.90 Å². The lowest BCUT2D eigenvalue weighted by Crippen LogP contribution is -2.19. The molecule has 6 nitrogen and oxygen atoms in total. The number of primary amides is 1. The topological polar surface area (TPSA) is 101 Å². The highest BCUT2D eigenvalue weighted by molar-refractivity contribution is 7.92. The van der Waals surface area contributed by atoms with Crippen LogP contribution in [0, 0.1) is 5.82 Å². The number of halogens is 2. The van der Waals surface area contributed by atoms with Gasteiger partial charge in [-0.05, 0) is 42.5 Å². The maximum absolute atomic E-state index is 13.1. The molecule has 2 aromatic carbocycles. The molecule has 0 aliphatic carbocycles. The summed E-state index contributed by atoms with van der Waals surface area (Å²) in [6, 6.07) is 8.18. The number of rotatable bonds is 4. The molecule has 0 aliphatic rings. The summed E-state index contributed by atoms with van der Waals surface area (Å²) in [5.41, 5.74) is 5.64. The number of nitrogens with one attached hydrogen (secondary N) is 2. The Morgan fingerprint density at radius 3 is 2.23 bits per heavy atom. The Bertz CT molecular complexity index is 810. The molecule has 0 saturated carbocycles. The highest BCUT2D eigenvalue weighted by Gasteiger charge is 2.16. The van der Waals surface area contributed by atoms with Crippen LogP contribution in [-0.4, -0.2) is 14.4 Å². The summed E-state index contributed by atoms with van der Waals surface area (Å²) in [7, 11) is -3.90. The smallest absolute Gasteiger partial charge is 0.316 e. The van der Waals surface area contributed by atoms with E-state index in [0.29, 0.717) is 5.69 Å². The average molecular weight is 344 g/mol. The van der Waals surface area contributed by atoms with Crippen molar-refractivity contribution in [3.63, 3.8) is 0 Å². The molecular weight excluding hydrogens is 333 g/mol. The molecule has 0 atom stereocenters. The van der Waals surface area contributed by atoms with Gasteiger partial charge in [-0.2, -0.15) is 0 Å². The molecule has 2 rings (SSSR count). The van der Waals surface area contributed by atoms with Crippen LogP contribution in [0.15, 0.2) is 47.4 Å². The van der Waals surface area contributed by atoms with Crippen molar-refractivity contribution in [3.05, 3.63) is 53.3 Å². The molecule has 2 amide bonds. The zero-order chi connectivity index (χ0) is 16.3. The molecule has 0 spiro atoms. The second kappa shape index (κ2) is 6.20. The van der Waals surface area contributed by atoms with Gasteiger partial charge in [0.2, 0.25) is 0 Å². The third kappa shape index (κ3) is 3.86. The van der Waals surface area contributed by atoms with Gasteiger partial charge in [0.25, 0.3) is 10.0 Å². The summed E-state index contributed by atoms with van der Waals surface area (Å²) in [4.78, 5) is 10.5. The lowest BCUT2D eigenvalue weighted by Gasteiger charge is -2.09. The van der Waals surface area contributed by atoms with Gasteiger partial charge in [-0.15, -0.1) is 0 Å². The van der Waals surface area contributed by atoms with Crippen LogP contribution in [0.4, 0.5) is 20.6 Å². The SMILES string of the molecule is NC(=O)Nc1ccc(NS(=O)(=O)c2ccc(F)c(Cl)c2)cc1. The van der Waals surface area contributed by atoms with Gasteiger partial charge in [0.15, 0.2) is 0 Å². The molecule has 0 bridgehead atoms. The maximum atomic E-state index is 13.1. The Morgan fingerprint density at radius 1 is 1.09 bits per heavy atom. The van der Waals surface area contributed by atoms with E-state index in [1.165, 1.54) is 24.3 Å².